The second-order valence-corrected chi connectivity index (χ2v) is 3.89. The van der Waals surface area contributed by atoms with E-state index in [-0.39, 0.29) is 17.3 Å². The van der Waals surface area contributed by atoms with E-state index >= 15 is 0 Å². The van der Waals surface area contributed by atoms with Crippen molar-refractivity contribution >= 4 is 5.97 Å². The zero-order chi connectivity index (χ0) is 9.35. The van der Waals surface area contributed by atoms with Crippen LogP contribution in [0.4, 0.5) is 0 Å². The van der Waals surface area contributed by atoms with Gasteiger partial charge in [-0.15, -0.1) is 0 Å². The second kappa shape index (κ2) is 3.05. The Morgan fingerprint density at radius 2 is 2.17 bits per heavy atom. The van der Waals surface area contributed by atoms with Crippen LogP contribution >= 0.6 is 0 Å². The van der Waals surface area contributed by atoms with Crippen molar-refractivity contribution in [1.29, 1.82) is 0 Å². The fourth-order valence-corrected chi connectivity index (χ4v) is 1.88. The van der Waals surface area contributed by atoms with E-state index in [4.69, 9.17) is 10.5 Å². The molecule has 0 heterocycles. The van der Waals surface area contributed by atoms with E-state index in [1.807, 2.05) is 6.92 Å². The molecule has 0 aromatic heterocycles. The smallest absolute Gasteiger partial charge is 0.309 e. The van der Waals surface area contributed by atoms with Crippen molar-refractivity contribution in [3.63, 3.8) is 0 Å². The Hall–Kier alpha value is -0.570. The van der Waals surface area contributed by atoms with Gasteiger partial charge in [0.15, 0.2) is 0 Å². The largest absolute Gasteiger partial charge is 0.466 e. The van der Waals surface area contributed by atoms with E-state index in [9.17, 15) is 4.79 Å². The summed E-state index contributed by atoms with van der Waals surface area (Å²) >= 11 is 0. The predicted molar refractivity (Wildman–Crippen MR) is 46.4 cm³/mol. The molecule has 0 amide bonds. The summed E-state index contributed by atoms with van der Waals surface area (Å²) in [7, 11) is 0. The number of nitrogens with two attached hydrogens (primary N) is 1. The molecular weight excluding hydrogens is 154 g/mol. The molecule has 0 spiro atoms. The lowest BCUT2D eigenvalue weighted by Crippen LogP contribution is -2.11. The van der Waals surface area contributed by atoms with Gasteiger partial charge in [0.1, 0.15) is 0 Å². The highest BCUT2D eigenvalue weighted by Crippen LogP contribution is 2.57. The van der Waals surface area contributed by atoms with Crippen LogP contribution < -0.4 is 5.73 Å². The van der Waals surface area contributed by atoms with Gasteiger partial charge in [0.05, 0.1) is 12.5 Å². The molecule has 0 aliphatic heterocycles. The van der Waals surface area contributed by atoms with Crippen LogP contribution in [0.15, 0.2) is 0 Å². The molecular formula is C9H17NO2. The van der Waals surface area contributed by atoms with Gasteiger partial charge in [-0.2, -0.15) is 0 Å². The molecule has 0 aromatic carbocycles. The van der Waals surface area contributed by atoms with Gasteiger partial charge < -0.3 is 10.5 Å². The molecule has 0 bridgehead atoms. The van der Waals surface area contributed by atoms with Crippen molar-refractivity contribution in [1.82, 2.24) is 0 Å². The zero-order valence-corrected chi connectivity index (χ0v) is 7.96. The molecule has 12 heavy (non-hydrogen) atoms. The summed E-state index contributed by atoms with van der Waals surface area (Å²) in [4.78, 5) is 11.3. The van der Waals surface area contributed by atoms with Gasteiger partial charge >= 0.3 is 5.97 Å². The first-order valence-corrected chi connectivity index (χ1v) is 4.42. The average molecular weight is 171 g/mol. The molecule has 0 unspecified atom stereocenters. The van der Waals surface area contributed by atoms with Gasteiger partial charge in [-0.1, -0.05) is 13.8 Å². The molecule has 1 aliphatic carbocycles. The van der Waals surface area contributed by atoms with Gasteiger partial charge in [-0.3, -0.25) is 4.79 Å². The van der Waals surface area contributed by atoms with Gasteiger partial charge in [0, 0.05) is 0 Å². The van der Waals surface area contributed by atoms with Crippen LogP contribution in [0.25, 0.3) is 0 Å². The highest BCUT2D eigenvalue weighted by atomic mass is 16.5. The SMILES string of the molecule is CCOC(=O)[C@@H]1[C@H](CN)C1(C)C. The number of carbonyl (C=O) groups is 1. The van der Waals surface area contributed by atoms with Crippen LogP contribution in [-0.4, -0.2) is 19.1 Å². The van der Waals surface area contributed by atoms with Crippen LogP contribution in [0.1, 0.15) is 20.8 Å². The number of hydrogen-bond acceptors (Lipinski definition) is 3. The Labute approximate surface area is 73.3 Å². The van der Waals surface area contributed by atoms with Crippen molar-refractivity contribution in [2.24, 2.45) is 23.0 Å². The van der Waals surface area contributed by atoms with Crippen molar-refractivity contribution in [2.75, 3.05) is 13.2 Å². The molecule has 0 radical (unpaired) electrons. The number of ether oxygens (including phenoxy) is 1. The Bertz CT molecular complexity index is 189. The molecule has 3 heteroatoms. The Morgan fingerprint density at radius 3 is 2.50 bits per heavy atom. The average Bonchev–Trinajstić information content (AvgIpc) is 2.53. The summed E-state index contributed by atoms with van der Waals surface area (Å²) in [5.41, 5.74) is 5.58. The quantitative estimate of drug-likeness (QED) is 0.638. The maximum absolute atomic E-state index is 11.3. The number of carbonyl (C=O) groups excluding carboxylic acids is 1. The molecule has 2 N–H and O–H groups in total. The van der Waals surface area contributed by atoms with E-state index < -0.39 is 0 Å². The minimum atomic E-state index is -0.0852. The lowest BCUT2D eigenvalue weighted by atomic mass is 10.1. The first kappa shape index (κ1) is 9.52. The first-order chi connectivity index (χ1) is 5.55. The molecule has 1 saturated carbocycles. The van der Waals surface area contributed by atoms with Crippen molar-refractivity contribution in [3.8, 4) is 0 Å². The van der Waals surface area contributed by atoms with Crippen LogP contribution in [0.5, 0.6) is 0 Å². The Kier molecular flexibility index (Phi) is 2.42. The molecule has 0 aromatic rings. The summed E-state index contributed by atoms with van der Waals surface area (Å²) in [6, 6.07) is 0. The molecule has 1 aliphatic rings. The third kappa shape index (κ3) is 1.33. The third-order valence-electron chi connectivity index (χ3n) is 2.84. The summed E-state index contributed by atoms with van der Waals surface area (Å²) in [5.74, 6) is 0.261. The van der Waals surface area contributed by atoms with Gasteiger partial charge in [0.2, 0.25) is 0 Å². The number of esters is 1. The monoisotopic (exact) mass is 171 g/mol. The molecule has 2 atom stereocenters. The predicted octanol–water partition coefficient (Wildman–Crippen LogP) is 0.780. The van der Waals surface area contributed by atoms with Crippen LogP contribution in [-0.2, 0) is 9.53 Å². The fourth-order valence-electron chi connectivity index (χ4n) is 1.88. The highest BCUT2D eigenvalue weighted by molar-refractivity contribution is 5.77. The van der Waals surface area contributed by atoms with E-state index in [0.29, 0.717) is 19.1 Å². The zero-order valence-electron chi connectivity index (χ0n) is 7.96. The van der Waals surface area contributed by atoms with Crippen LogP contribution in [0.2, 0.25) is 0 Å². The van der Waals surface area contributed by atoms with E-state index in [1.54, 1.807) is 0 Å². The fraction of sp³-hybridized carbons (Fsp3) is 0.889. The summed E-state index contributed by atoms with van der Waals surface area (Å²) in [6.07, 6.45) is 0. The third-order valence-corrected chi connectivity index (χ3v) is 2.84. The molecule has 3 nitrogen and oxygen atoms in total. The van der Waals surface area contributed by atoms with E-state index in [2.05, 4.69) is 13.8 Å². The summed E-state index contributed by atoms with van der Waals surface area (Å²) in [5, 5.41) is 0. The van der Waals surface area contributed by atoms with Crippen molar-refractivity contribution < 1.29 is 9.53 Å². The maximum atomic E-state index is 11.3. The van der Waals surface area contributed by atoms with E-state index in [1.165, 1.54) is 0 Å². The maximum Gasteiger partial charge on any atom is 0.309 e. The molecule has 1 rings (SSSR count). The topological polar surface area (TPSA) is 52.3 Å². The molecule has 0 saturated heterocycles. The van der Waals surface area contributed by atoms with E-state index in [0.717, 1.165) is 0 Å². The number of rotatable bonds is 3. The highest BCUT2D eigenvalue weighted by Gasteiger charge is 2.61. The lowest BCUT2D eigenvalue weighted by molar-refractivity contribution is -0.145. The minimum absolute atomic E-state index is 0.0300. The van der Waals surface area contributed by atoms with Gasteiger partial charge in [-0.05, 0) is 24.8 Å². The lowest BCUT2D eigenvalue weighted by Gasteiger charge is -2.01. The van der Waals surface area contributed by atoms with Crippen LogP contribution in [0.3, 0.4) is 0 Å². The minimum Gasteiger partial charge on any atom is -0.466 e. The standard InChI is InChI=1S/C9H17NO2/c1-4-12-8(11)7-6(5-10)9(7,2)3/h6-7H,4-5,10H2,1-3H3/t6-,7-/m0/s1. The van der Waals surface area contributed by atoms with Crippen LogP contribution in [0, 0.1) is 17.3 Å². The number of hydrogen-bond donors (Lipinski definition) is 1. The first-order valence-electron chi connectivity index (χ1n) is 4.42. The van der Waals surface area contributed by atoms with Crippen molar-refractivity contribution in [3.05, 3.63) is 0 Å². The summed E-state index contributed by atoms with van der Waals surface area (Å²) in [6.45, 7) is 6.99. The summed E-state index contributed by atoms with van der Waals surface area (Å²) < 4.78 is 4.94. The second-order valence-electron chi connectivity index (χ2n) is 3.89. The normalized spacial score (nSPS) is 31.3. The Morgan fingerprint density at radius 1 is 1.58 bits per heavy atom. The van der Waals surface area contributed by atoms with Crippen molar-refractivity contribution in [2.45, 2.75) is 20.8 Å². The Balaban J connectivity index is 2.51. The molecule has 70 valence electrons. The molecule has 1 fully saturated rings. The van der Waals surface area contributed by atoms with Gasteiger partial charge in [-0.25, -0.2) is 0 Å². The van der Waals surface area contributed by atoms with Gasteiger partial charge in [0.25, 0.3) is 0 Å².